The highest BCUT2D eigenvalue weighted by atomic mass is 79.9. The van der Waals surface area contributed by atoms with Gasteiger partial charge in [0.2, 0.25) is 0 Å². The first kappa shape index (κ1) is 13.4. The lowest BCUT2D eigenvalue weighted by molar-refractivity contribution is 0.627. The zero-order valence-electron chi connectivity index (χ0n) is 9.92. The summed E-state index contributed by atoms with van der Waals surface area (Å²) >= 11 is 9.26. The Morgan fingerprint density at radius 3 is 2.61 bits per heavy atom. The Hall–Kier alpha value is -1.00. The number of alkyl halides is 1. The molecule has 1 aromatic carbocycles. The summed E-state index contributed by atoms with van der Waals surface area (Å²) in [4.78, 5) is 8.59. The van der Waals surface area contributed by atoms with E-state index in [-0.39, 0.29) is 11.2 Å². The van der Waals surface area contributed by atoms with Crippen molar-refractivity contribution in [2.45, 2.75) is 19.2 Å². The number of hydrogen-bond donors (Lipinski definition) is 0. The summed E-state index contributed by atoms with van der Waals surface area (Å²) in [6.07, 6.45) is 1.69. The molecule has 0 radical (unpaired) electrons. The van der Waals surface area contributed by atoms with Crippen molar-refractivity contribution in [3.8, 4) is 11.4 Å². The fraction of sp³-hybridized carbons (Fsp3) is 0.231. The van der Waals surface area contributed by atoms with Crippen LogP contribution in [0.5, 0.6) is 0 Å². The molecule has 0 saturated carbocycles. The Morgan fingerprint density at radius 1 is 1.33 bits per heavy atom. The molecule has 0 aliphatic heterocycles. The fourth-order valence-corrected chi connectivity index (χ4v) is 2.37. The second kappa shape index (κ2) is 5.33. The van der Waals surface area contributed by atoms with Gasteiger partial charge >= 0.3 is 0 Å². The summed E-state index contributed by atoms with van der Waals surface area (Å²) in [6.45, 7) is 3.74. The highest BCUT2D eigenvalue weighted by Crippen LogP contribution is 2.25. The van der Waals surface area contributed by atoms with Crippen molar-refractivity contribution in [1.82, 2.24) is 9.97 Å². The van der Waals surface area contributed by atoms with Gasteiger partial charge in [-0.2, -0.15) is 0 Å². The second-order valence-corrected chi connectivity index (χ2v) is 5.58. The van der Waals surface area contributed by atoms with Gasteiger partial charge in [-0.1, -0.05) is 15.9 Å². The first-order valence-electron chi connectivity index (χ1n) is 5.41. The van der Waals surface area contributed by atoms with Crippen molar-refractivity contribution in [1.29, 1.82) is 0 Å². The van der Waals surface area contributed by atoms with E-state index in [1.165, 1.54) is 12.1 Å². The Kier molecular flexibility index (Phi) is 3.97. The highest BCUT2D eigenvalue weighted by Gasteiger charge is 2.10. The molecule has 2 rings (SSSR count). The van der Waals surface area contributed by atoms with Crippen molar-refractivity contribution < 1.29 is 4.39 Å². The summed E-state index contributed by atoms with van der Waals surface area (Å²) in [6, 6.07) is 4.58. The molecule has 2 nitrogen and oxygen atoms in total. The summed E-state index contributed by atoms with van der Waals surface area (Å²) in [5, 5.41) is -0.140. The summed E-state index contributed by atoms with van der Waals surface area (Å²) in [5.74, 6) is 0.171. The number of hydrogen-bond acceptors (Lipinski definition) is 2. The first-order chi connectivity index (χ1) is 8.47. The molecule has 1 unspecified atom stereocenters. The van der Waals surface area contributed by atoms with Gasteiger partial charge in [0.15, 0.2) is 5.82 Å². The van der Waals surface area contributed by atoms with E-state index in [0.717, 1.165) is 11.3 Å². The van der Waals surface area contributed by atoms with Crippen LogP contribution in [0.1, 0.15) is 23.6 Å². The molecule has 94 valence electrons. The largest absolute Gasteiger partial charge is 0.236 e. The van der Waals surface area contributed by atoms with Crippen molar-refractivity contribution >= 4 is 27.5 Å². The number of rotatable bonds is 2. The topological polar surface area (TPSA) is 25.8 Å². The molecule has 0 bridgehead atoms. The molecule has 0 aliphatic rings. The van der Waals surface area contributed by atoms with Gasteiger partial charge in [-0.05, 0) is 32.0 Å². The van der Waals surface area contributed by atoms with Crippen LogP contribution >= 0.6 is 27.5 Å². The fourth-order valence-electron chi connectivity index (χ4n) is 1.69. The van der Waals surface area contributed by atoms with E-state index < -0.39 is 0 Å². The predicted molar refractivity (Wildman–Crippen MR) is 74.1 cm³/mol. The summed E-state index contributed by atoms with van der Waals surface area (Å²) < 4.78 is 14.0. The van der Waals surface area contributed by atoms with Gasteiger partial charge in [-0.15, -0.1) is 11.6 Å². The third-order valence-electron chi connectivity index (χ3n) is 2.57. The maximum Gasteiger partial charge on any atom is 0.159 e. The Balaban J connectivity index is 2.48. The molecule has 1 aromatic heterocycles. The van der Waals surface area contributed by atoms with Crippen LogP contribution in [0.2, 0.25) is 0 Å². The molecule has 0 aliphatic carbocycles. The van der Waals surface area contributed by atoms with Crippen molar-refractivity contribution in [2.75, 3.05) is 0 Å². The normalized spacial score (nSPS) is 12.5. The van der Waals surface area contributed by atoms with Gasteiger partial charge in [0, 0.05) is 27.5 Å². The Labute approximate surface area is 118 Å². The van der Waals surface area contributed by atoms with E-state index in [0.29, 0.717) is 15.9 Å². The predicted octanol–water partition coefficient (Wildman–Crippen LogP) is 4.65. The van der Waals surface area contributed by atoms with Gasteiger partial charge < -0.3 is 0 Å². The van der Waals surface area contributed by atoms with Crippen LogP contribution in [0.3, 0.4) is 0 Å². The van der Waals surface area contributed by atoms with Crippen LogP contribution in [0.4, 0.5) is 4.39 Å². The molecule has 0 amide bonds. The molecule has 0 fully saturated rings. The number of aromatic nitrogens is 2. The molecule has 0 N–H and O–H groups in total. The Morgan fingerprint density at radius 2 is 2.06 bits per heavy atom. The van der Waals surface area contributed by atoms with E-state index in [2.05, 4.69) is 25.9 Å². The average Bonchev–Trinajstić information content (AvgIpc) is 2.26. The van der Waals surface area contributed by atoms with Gasteiger partial charge in [0.25, 0.3) is 0 Å². The maximum atomic E-state index is 13.3. The van der Waals surface area contributed by atoms with E-state index in [1.54, 1.807) is 12.3 Å². The van der Waals surface area contributed by atoms with E-state index >= 15 is 0 Å². The average molecular weight is 330 g/mol. The monoisotopic (exact) mass is 328 g/mol. The molecule has 0 spiro atoms. The molecule has 18 heavy (non-hydrogen) atoms. The molecule has 1 atom stereocenters. The van der Waals surface area contributed by atoms with Crippen LogP contribution in [0, 0.1) is 12.7 Å². The SMILES string of the molecule is Cc1nc(-c2cc(F)cc(Br)c2)ncc1C(C)Cl. The van der Waals surface area contributed by atoms with Crippen molar-refractivity contribution in [3.05, 3.63) is 45.9 Å². The van der Waals surface area contributed by atoms with Gasteiger partial charge in [-0.3, -0.25) is 0 Å². The minimum atomic E-state index is -0.324. The molecule has 2 aromatic rings. The second-order valence-electron chi connectivity index (χ2n) is 4.01. The highest BCUT2D eigenvalue weighted by molar-refractivity contribution is 9.10. The zero-order valence-corrected chi connectivity index (χ0v) is 12.3. The Bertz CT molecular complexity index is 567. The zero-order chi connectivity index (χ0) is 13.3. The number of benzene rings is 1. The van der Waals surface area contributed by atoms with Crippen molar-refractivity contribution in [2.24, 2.45) is 0 Å². The molecule has 5 heteroatoms. The smallest absolute Gasteiger partial charge is 0.159 e. The standard InChI is InChI=1S/C13H11BrClFN2/c1-7(15)12-6-17-13(18-8(12)2)9-3-10(14)5-11(16)4-9/h3-7H,1-2H3. The van der Waals surface area contributed by atoms with Crippen LogP contribution < -0.4 is 0 Å². The minimum absolute atomic E-state index is 0.140. The lowest BCUT2D eigenvalue weighted by Crippen LogP contribution is -1.98. The van der Waals surface area contributed by atoms with E-state index in [4.69, 9.17) is 11.6 Å². The van der Waals surface area contributed by atoms with Crippen molar-refractivity contribution in [3.63, 3.8) is 0 Å². The molecular weight excluding hydrogens is 319 g/mol. The number of halogens is 3. The lowest BCUT2D eigenvalue weighted by atomic mass is 10.1. The van der Waals surface area contributed by atoms with Crippen LogP contribution in [0.15, 0.2) is 28.9 Å². The molecular formula is C13H11BrClFN2. The van der Waals surface area contributed by atoms with Crippen LogP contribution in [-0.2, 0) is 0 Å². The quantitative estimate of drug-likeness (QED) is 0.749. The summed E-state index contributed by atoms with van der Waals surface area (Å²) in [5.41, 5.74) is 2.33. The number of aryl methyl sites for hydroxylation is 1. The molecule has 1 heterocycles. The lowest BCUT2D eigenvalue weighted by Gasteiger charge is -2.08. The van der Waals surface area contributed by atoms with E-state index in [1.807, 2.05) is 13.8 Å². The van der Waals surface area contributed by atoms with Gasteiger partial charge in [0.1, 0.15) is 5.82 Å². The first-order valence-corrected chi connectivity index (χ1v) is 6.64. The van der Waals surface area contributed by atoms with E-state index in [9.17, 15) is 4.39 Å². The maximum absolute atomic E-state index is 13.3. The van der Waals surface area contributed by atoms with Gasteiger partial charge in [0.05, 0.1) is 5.38 Å². The van der Waals surface area contributed by atoms with Crippen LogP contribution in [0.25, 0.3) is 11.4 Å². The van der Waals surface area contributed by atoms with Gasteiger partial charge in [-0.25, -0.2) is 14.4 Å². The summed E-state index contributed by atoms with van der Waals surface area (Å²) in [7, 11) is 0. The molecule has 0 saturated heterocycles. The van der Waals surface area contributed by atoms with Crippen LogP contribution in [-0.4, -0.2) is 9.97 Å². The number of nitrogens with zero attached hydrogens (tertiary/aromatic N) is 2. The third kappa shape index (κ3) is 2.87. The third-order valence-corrected chi connectivity index (χ3v) is 3.26. The minimum Gasteiger partial charge on any atom is -0.236 e.